The molecule has 1 nitrogen and oxygen atoms in total. The Kier molecular flexibility index (Phi) is 7.40. The molecule has 0 bridgehead atoms. The summed E-state index contributed by atoms with van der Waals surface area (Å²) in [7, 11) is 0. The van der Waals surface area contributed by atoms with Crippen molar-refractivity contribution in [3.63, 3.8) is 0 Å². The van der Waals surface area contributed by atoms with E-state index in [9.17, 15) is 13.2 Å². The van der Waals surface area contributed by atoms with Crippen LogP contribution in [0.25, 0.3) is 0 Å². The normalized spacial score (nSPS) is 17.0. The number of alkyl halides is 3. The van der Waals surface area contributed by atoms with Crippen molar-refractivity contribution in [2.75, 3.05) is 19.6 Å². The first-order valence-corrected chi connectivity index (χ1v) is 8.27. The van der Waals surface area contributed by atoms with Crippen molar-refractivity contribution < 1.29 is 13.2 Å². The summed E-state index contributed by atoms with van der Waals surface area (Å²) < 4.78 is 37.1. The highest BCUT2D eigenvalue weighted by Gasteiger charge is 2.32. The number of hydrogen-bond donors (Lipinski definition) is 0. The summed E-state index contributed by atoms with van der Waals surface area (Å²) in [6.07, 6.45) is -1.43. The van der Waals surface area contributed by atoms with Gasteiger partial charge in [0.15, 0.2) is 0 Å². The Morgan fingerprint density at radius 3 is 2.23 bits per heavy atom. The molecular formula is C18H28F3N. The second-order valence-corrected chi connectivity index (χ2v) is 5.71. The van der Waals surface area contributed by atoms with Gasteiger partial charge in [-0.3, -0.25) is 4.90 Å². The van der Waals surface area contributed by atoms with E-state index in [-0.39, 0.29) is 0 Å². The molecule has 1 aliphatic rings. The molecule has 0 aliphatic carbocycles. The van der Waals surface area contributed by atoms with Crippen LogP contribution in [0.1, 0.15) is 56.2 Å². The van der Waals surface area contributed by atoms with Crippen LogP contribution in [0.15, 0.2) is 18.2 Å². The number of likely N-dealkylation sites (tertiary alicyclic amines) is 1. The molecule has 4 heteroatoms. The van der Waals surface area contributed by atoms with Crippen molar-refractivity contribution in [1.82, 2.24) is 4.90 Å². The smallest absolute Gasteiger partial charge is 0.295 e. The number of rotatable bonds is 3. The van der Waals surface area contributed by atoms with Crippen LogP contribution in [0.3, 0.4) is 0 Å². The molecule has 1 saturated heterocycles. The van der Waals surface area contributed by atoms with Crippen LogP contribution in [0, 0.1) is 6.92 Å². The van der Waals surface area contributed by atoms with Gasteiger partial charge in [0.1, 0.15) is 0 Å². The first-order valence-electron chi connectivity index (χ1n) is 8.27. The minimum atomic E-state index is -4.08. The highest BCUT2D eigenvalue weighted by atomic mass is 19.4. The fourth-order valence-corrected chi connectivity index (χ4v) is 3.00. The predicted octanol–water partition coefficient (Wildman–Crippen LogP) is 5.33. The quantitative estimate of drug-likeness (QED) is 0.729. The van der Waals surface area contributed by atoms with Gasteiger partial charge in [0.05, 0.1) is 6.54 Å². The molecule has 1 aromatic rings. The number of aryl methyl sites for hydroxylation is 2. The number of nitrogens with zero attached hydrogens (tertiary/aromatic N) is 1. The molecule has 0 unspecified atom stereocenters. The Hall–Kier alpha value is -1.03. The molecule has 0 N–H and O–H groups in total. The number of hydrogen-bond acceptors (Lipinski definition) is 1. The van der Waals surface area contributed by atoms with Crippen LogP contribution in [-0.4, -0.2) is 30.7 Å². The summed E-state index contributed by atoms with van der Waals surface area (Å²) in [5.74, 6) is 0.408. The SMILES string of the molecule is CC.CCc1cc(C2CCN(CC(F)(F)F)CC2)ccc1C. The van der Waals surface area contributed by atoms with Crippen LogP contribution < -0.4 is 0 Å². The van der Waals surface area contributed by atoms with Gasteiger partial charge in [-0.05, 0) is 61.9 Å². The molecule has 0 radical (unpaired) electrons. The average molecular weight is 315 g/mol. The lowest BCUT2D eigenvalue weighted by Crippen LogP contribution is -2.39. The van der Waals surface area contributed by atoms with Crippen LogP contribution in [0.2, 0.25) is 0 Å². The lowest BCUT2D eigenvalue weighted by Gasteiger charge is -2.32. The van der Waals surface area contributed by atoms with Crippen molar-refractivity contribution in [3.8, 4) is 0 Å². The van der Waals surface area contributed by atoms with Crippen LogP contribution in [0.4, 0.5) is 13.2 Å². The third-order valence-corrected chi connectivity index (χ3v) is 4.22. The second-order valence-electron chi connectivity index (χ2n) is 5.71. The zero-order chi connectivity index (χ0) is 16.8. The Morgan fingerprint density at radius 2 is 1.73 bits per heavy atom. The third kappa shape index (κ3) is 5.64. The van der Waals surface area contributed by atoms with Crippen molar-refractivity contribution >= 4 is 0 Å². The summed E-state index contributed by atoms with van der Waals surface area (Å²) in [4.78, 5) is 1.52. The molecule has 0 aromatic heterocycles. The highest BCUT2D eigenvalue weighted by Crippen LogP contribution is 2.30. The fraction of sp³-hybridized carbons (Fsp3) is 0.667. The summed E-state index contributed by atoms with van der Waals surface area (Å²) in [5.41, 5.74) is 3.94. The summed E-state index contributed by atoms with van der Waals surface area (Å²) in [5, 5.41) is 0. The maximum atomic E-state index is 12.4. The van der Waals surface area contributed by atoms with E-state index in [1.807, 2.05) is 13.8 Å². The first-order chi connectivity index (χ1) is 10.4. The minimum Gasteiger partial charge on any atom is -0.295 e. The zero-order valence-electron chi connectivity index (χ0n) is 14.1. The molecule has 0 amide bonds. The predicted molar refractivity (Wildman–Crippen MR) is 86.4 cm³/mol. The lowest BCUT2D eigenvalue weighted by atomic mass is 9.87. The Labute approximate surface area is 132 Å². The maximum Gasteiger partial charge on any atom is 0.401 e. The standard InChI is InChI=1S/C16H22F3N.C2H6/c1-3-13-10-15(5-4-12(13)2)14-6-8-20(9-7-14)11-16(17,18)19;1-2/h4-5,10,14H,3,6-9,11H2,1-2H3;1-2H3. The average Bonchev–Trinajstić information content (AvgIpc) is 2.49. The van der Waals surface area contributed by atoms with Gasteiger partial charge >= 0.3 is 6.18 Å². The lowest BCUT2D eigenvalue weighted by molar-refractivity contribution is -0.147. The summed E-state index contributed by atoms with van der Waals surface area (Å²) in [6.45, 7) is 8.56. The Bertz CT molecular complexity index is 446. The molecular weight excluding hydrogens is 287 g/mol. The molecule has 2 rings (SSSR count). The number of benzene rings is 1. The zero-order valence-corrected chi connectivity index (χ0v) is 14.1. The largest absolute Gasteiger partial charge is 0.401 e. The van der Waals surface area contributed by atoms with E-state index in [1.54, 1.807) is 0 Å². The van der Waals surface area contributed by atoms with E-state index in [0.717, 1.165) is 19.3 Å². The van der Waals surface area contributed by atoms with Crippen molar-refractivity contribution in [2.24, 2.45) is 0 Å². The first kappa shape index (κ1) is 19.0. The summed E-state index contributed by atoms with van der Waals surface area (Å²) >= 11 is 0. The Morgan fingerprint density at radius 1 is 1.14 bits per heavy atom. The molecule has 1 aliphatic heterocycles. The van der Waals surface area contributed by atoms with Gasteiger partial charge in [0.2, 0.25) is 0 Å². The second kappa shape index (κ2) is 8.56. The van der Waals surface area contributed by atoms with E-state index >= 15 is 0 Å². The van der Waals surface area contributed by atoms with Gasteiger partial charge in [-0.2, -0.15) is 13.2 Å². The van der Waals surface area contributed by atoms with Gasteiger partial charge in [0, 0.05) is 0 Å². The fourth-order valence-electron chi connectivity index (χ4n) is 3.00. The summed E-state index contributed by atoms with van der Waals surface area (Å²) in [6, 6.07) is 6.51. The van der Waals surface area contributed by atoms with Gasteiger partial charge < -0.3 is 0 Å². The van der Waals surface area contributed by atoms with Crippen molar-refractivity contribution in [1.29, 1.82) is 0 Å². The molecule has 1 heterocycles. The molecule has 1 aromatic carbocycles. The van der Waals surface area contributed by atoms with Gasteiger partial charge in [-0.1, -0.05) is 39.0 Å². The maximum absolute atomic E-state index is 12.4. The van der Waals surface area contributed by atoms with E-state index in [1.165, 1.54) is 21.6 Å². The highest BCUT2D eigenvalue weighted by molar-refractivity contribution is 5.33. The van der Waals surface area contributed by atoms with Crippen LogP contribution in [-0.2, 0) is 6.42 Å². The van der Waals surface area contributed by atoms with E-state index in [0.29, 0.717) is 19.0 Å². The van der Waals surface area contributed by atoms with Crippen molar-refractivity contribution in [2.45, 2.75) is 59.1 Å². The van der Waals surface area contributed by atoms with Gasteiger partial charge in [-0.25, -0.2) is 0 Å². The molecule has 0 saturated carbocycles. The van der Waals surface area contributed by atoms with Crippen LogP contribution >= 0.6 is 0 Å². The van der Waals surface area contributed by atoms with Gasteiger partial charge in [-0.15, -0.1) is 0 Å². The van der Waals surface area contributed by atoms with Gasteiger partial charge in [0.25, 0.3) is 0 Å². The van der Waals surface area contributed by atoms with E-state index in [2.05, 4.69) is 32.0 Å². The monoisotopic (exact) mass is 315 g/mol. The molecule has 0 atom stereocenters. The third-order valence-electron chi connectivity index (χ3n) is 4.22. The van der Waals surface area contributed by atoms with E-state index < -0.39 is 12.7 Å². The number of halogens is 3. The number of piperidine rings is 1. The molecule has 126 valence electrons. The van der Waals surface area contributed by atoms with Crippen LogP contribution in [0.5, 0.6) is 0 Å². The Balaban J connectivity index is 0.00000116. The molecule has 1 fully saturated rings. The van der Waals surface area contributed by atoms with Crippen molar-refractivity contribution in [3.05, 3.63) is 34.9 Å². The minimum absolute atomic E-state index is 0.408. The van der Waals surface area contributed by atoms with E-state index in [4.69, 9.17) is 0 Å². The molecule has 22 heavy (non-hydrogen) atoms. The topological polar surface area (TPSA) is 3.24 Å². The molecule has 0 spiro atoms.